The third-order valence-electron chi connectivity index (χ3n) is 5.26. The molecule has 4 rings (SSSR count). The highest BCUT2D eigenvalue weighted by molar-refractivity contribution is 7.80. The van der Waals surface area contributed by atoms with Gasteiger partial charge in [-0.3, -0.25) is 0 Å². The first kappa shape index (κ1) is 21.1. The Morgan fingerprint density at radius 1 is 1.10 bits per heavy atom. The monoisotopic (exact) mass is 434 g/mol. The predicted octanol–water partition coefficient (Wildman–Crippen LogP) is 5.21. The molecule has 0 radical (unpaired) electrons. The van der Waals surface area contributed by atoms with Crippen LogP contribution in [0, 0.1) is 0 Å². The zero-order chi connectivity index (χ0) is 21.8. The highest BCUT2D eigenvalue weighted by Crippen LogP contribution is 2.37. The first-order valence-electron chi connectivity index (χ1n) is 10.5. The third-order valence-corrected chi connectivity index (χ3v) is 5.59. The van der Waals surface area contributed by atoms with E-state index in [1.807, 2.05) is 49.4 Å². The van der Waals surface area contributed by atoms with Crippen molar-refractivity contribution in [2.24, 2.45) is 0 Å². The minimum absolute atomic E-state index is 0.157. The normalized spacial score (nSPS) is 16.4. The lowest BCUT2D eigenvalue weighted by atomic mass is 9.95. The third kappa shape index (κ3) is 4.32. The van der Waals surface area contributed by atoms with Gasteiger partial charge in [-0.05, 0) is 62.3 Å². The summed E-state index contributed by atoms with van der Waals surface area (Å²) in [5.74, 6) is 1.85. The van der Waals surface area contributed by atoms with E-state index in [1.165, 1.54) is 0 Å². The Labute approximate surface area is 187 Å². The average molecular weight is 435 g/mol. The first-order valence-corrected chi connectivity index (χ1v) is 10.9. The lowest BCUT2D eigenvalue weighted by Gasteiger charge is -2.37. The molecule has 7 heteroatoms. The van der Waals surface area contributed by atoms with Crippen LogP contribution in [0.3, 0.4) is 0 Å². The molecule has 160 valence electrons. The van der Waals surface area contributed by atoms with Crippen LogP contribution in [0.2, 0.25) is 0 Å². The Morgan fingerprint density at radius 3 is 2.52 bits per heavy atom. The van der Waals surface area contributed by atoms with Crippen LogP contribution < -0.4 is 10.1 Å². The van der Waals surface area contributed by atoms with Gasteiger partial charge in [0.05, 0.1) is 18.2 Å². The van der Waals surface area contributed by atoms with E-state index in [9.17, 15) is 0 Å². The van der Waals surface area contributed by atoms with Crippen molar-refractivity contribution in [2.45, 2.75) is 33.2 Å². The van der Waals surface area contributed by atoms with Crippen LogP contribution in [0.4, 0.5) is 0 Å². The summed E-state index contributed by atoms with van der Waals surface area (Å²) in [6.45, 7) is 7.61. The number of benzene rings is 2. The number of nitrogens with one attached hydrogen (secondary N) is 1. The van der Waals surface area contributed by atoms with Gasteiger partial charge in [-0.25, -0.2) is 0 Å². The van der Waals surface area contributed by atoms with Gasteiger partial charge in [0.2, 0.25) is 5.82 Å². The number of aromatic nitrogens is 2. The molecule has 0 fully saturated rings. The highest BCUT2D eigenvalue weighted by Gasteiger charge is 2.33. The van der Waals surface area contributed by atoms with Gasteiger partial charge in [0, 0.05) is 17.8 Å². The maximum Gasteiger partial charge on any atom is 0.258 e. The second-order valence-corrected chi connectivity index (χ2v) is 7.71. The second kappa shape index (κ2) is 9.31. The molecule has 2 aromatic carbocycles. The summed E-state index contributed by atoms with van der Waals surface area (Å²) < 4.78 is 11.3. The second-order valence-electron chi connectivity index (χ2n) is 7.32. The van der Waals surface area contributed by atoms with Crippen molar-refractivity contribution in [1.29, 1.82) is 0 Å². The van der Waals surface area contributed by atoms with Crippen LogP contribution in [0.1, 0.15) is 44.7 Å². The molecule has 0 aliphatic carbocycles. The fourth-order valence-corrected chi connectivity index (χ4v) is 4.11. The lowest BCUT2D eigenvalue weighted by molar-refractivity contribution is 0.340. The van der Waals surface area contributed by atoms with Crippen LogP contribution in [0.15, 0.2) is 64.8 Å². The molecule has 0 bridgehead atoms. The van der Waals surface area contributed by atoms with Gasteiger partial charge in [0.25, 0.3) is 5.89 Å². The number of thiocarbonyl (C=S) groups is 1. The van der Waals surface area contributed by atoms with E-state index in [2.05, 4.69) is 41.4 Å². The van der Waals surface area contributed by atoms with E-state index in [1.54, 1.807) is 0 Å². The van der Waals surface area contributed by atoms with E-state index in [4.69, 9.17) is 26.5 Å². The molecular weight excluding hydrogens is 408 g/mol. The fourth-order valence-electron chi connectivity index (χ4n) is 3.76. The molecular formula is C24H26N4O2S. The van der Waals surface area contributed by atoms with Gasteiger partial charge in [-0.1, -0.05) is 42.4 Å². The molecule has 1 N–H and O–H groups in total. The van der Waals surface area contributed by atoms with Gasteiger partial charge < -0.3 is 19.5 Å². The molecule has 2 heterocycles. The number of ether oxygens (including phenoxy) is 1. The van der Waals surface area contributed by atoms with Crippen LogP contribution in [0.5, 0.6) is 5.75 Å². The largest absolute Gasteiger partial charge is 0.494 e. The van der Waals surface area contributed by atoms with Crippen molar-refractivity contribution >= 4 is 22.9 Å². The zero-order valence-electron chi connectivity index (χ0n) is 18.0. The Kier molecular flexibility index (Phi) is 6.32. The summed E-state index contributed by atoms with van der Waals surface area (Å²) in [4.78, 5) is 6.84. The van der Waals surface area contributed by atoms with Crippen molar-refractivity contribution < 1.29 is 9.26 Å². The number of hydrogen-bond donors (Lipinski definition) is 1. The van der Waals surface area contributed by atoms with Gasteiger partial charge in [0.1, 0.15) is 5.75 Å². The molecule has 3 aromatic rings. The van der Waals surface area contributed by atoms with Crippen molar-refractivity contribution in [3.63, 3.8) is 0 Å². The lowest BCUT2D eigenvalue weighted by Crippen LogP contribution is -2.46. The molecule has 1 aliphatic heterocycles. The van der Waals surface area contributed by atoms with E-state index in [0.717, 1.165) is 41.1 Å². The van der Waals surface area contributed by atoms with E-state index in [0.29, 0.717) is 23.4 Å². The Balaban J connectivity index is 1.74. The quantitative estimate of drug-likeness (QED) is 0.512. The molecule has 0 spiro atoms. The smallest absolute Gasteiger partial charge is 0.258 e. The molecule has 1 aromatic heterocycles. The van der Waals surface area contributed by atoms with Gasteiger partial charge >= 0.3 is 0 Å². The van der Waals surface area contributed by atoms with Crippen LogP contribution in [-0.4, -0.2) is 33.3 Å². The minimum atomic E-state index is -0.157. The Hall–Kier alpha value is -3.19. The molecule has 0 saturated carbocycles. The Morgan fingerprint density at radius 2 is 1.84 bits per heavy atom. The van der Waals surface area contributed by atoms with Crippen molar-refractivity contribution in [2.75, 3.05) is 13.2 Å². The van der Waals surface area contributed by atoms with Gasteiger partial charge in [-0.2, -0.15) is 4.98 Å². The summed E-state index contributed by atoms with van der Waals surface area (Å²) in [6.07, 6.45) is 0.976. The summed E-state index contributed by atoms with van der Waals surface area (Å²) >= 11 is 5.67. The summed E-state index contributed by atoms with van der Waals surface area (Å²) in [5, 5.41) is 8.43. The van der Waals surface area contributed by atoms with E-state index in [-0.39, 0.29) is 6.04 Å². The average Bonchev–Trinajstić information content (AvgIpc) is 3.27. The summed E-state index contributed by atoms with van der Waals surface area (Å²) in [6, 6.07) is 17.7. The number of hydrogen-bond acceptors (Lipinski definition) is 5. The molecule has 0 saturated heterocycles. The van der Waals surface area contributed by atoms with Crippen molar-refractivity contribution in [3.05, 3.63) is 71.7 Å². The Bertz CT molecular complexity index is 1080. The maximum atomic E-state index is 5.76. The number of allylic oxidation sites excluding steroid dienone is 1. The highest BCUT2D eigenvalue weighted by atomic mass is 32.1. The molecule has 0 amide bonds. The standard InChI is InChI=1S/C24H26N4O2S/c1-4-15-28-16(3)20(21(25-24(28)31)17-9-7-6-8-10-17)23-26-22(27-30-23)18-11-13-19(14-12-18)29-5-2/h6-14,21H,4-5,15H2,1-3H3,(H,25,31). The van der Waals surface area contributed by atoms with Crippen LogP contribution >= 0.6 is 12.2 Å². The molecule has 1 atom stereocenters. The van der Waals surface area contributed by atoms with Crippen LogP contribution in [-0.2, 0) is 0 Å². The predicted molar refractivity (Wildman–Crippen MR) is 125 cm³/mol. The molecule has 1 aliphatic rings. The van der Waals surface area contributed by atoms with Crippen molar-refractivity contribution in [1.82, 2.24) is 20.4 Å². The van der Waals surface area contributed by atoms with Gasteiger partial charge in [-0.15, -0.1) is 0 Å². The molecule has 1 unspecified atom stereocenters. The zero-order valence-corrected chi connectivity index (χ0v) is 18.8. The molecule has 31 heavy (non-hydrogen) atoms. The first-order chi connectivity index (χ1) is 15.1. The maximum absolute atomic E-state index is 5.76. The summed E-state index contributed by atoms with van der Waals surface area (Å²) in [7, 11) is 0. The SMILES string of the molecule is CCCN1C(=S)NC(c2ccccc2)C(c2nc(-c3ccc(OCC)cc3)no2)=C1C. The number of nitrogens with zero attached hydrogens (tertiary/aromatic N) is 3. The van der Waals surface area contributed by atoms with E-state index < -0.39 is 0 Å². The molecule has 6 nitrogen and oxygen atoms in total. The summed E-state index contributed by atoms with van der Waals surface area (Å²) in [5.41, 5.74) is 3.94. The van der Waals surface area contributed by atoms with Crippen LogP contribution in [0.25, 0.3) is 17.0 Å². The number of rotatable bonds is 7. The van der Waals surface area contributed by atoms with Gasteiger partial charge in [0.15, 0.2) is 5.11 Å². The fraction of sp³-hybridized carbons (Fsp3) is 0.292. The minimum Gasteiger partial charge on any atom is -0.494 e. The van der Waals surface area contributed by atoms with E-state index >= 15 is 0 Å². The topological polar surface area (TPSA) is 63.4 Å². The van der Waals surface area contributed by atoms with Crippen molar-refractivity contribution in [3.8, 4) is 17.1 Å².